The molecule has 25 heavy (non-hydrogen) atoms. The number of nitrogens with zero attached hydrogens (tertiary/aromatic N) is 3. The van der Waals surface area contributed by atoms with E-state index in [-0.39, 0.29) is 11.3 Å². The van der Waals surface area contributed by atoms with Crippen LogP contribution >= 0.6 is 22.9 Å². The van der Waals surface area contributed by atoms with Crippen LogP contribution < -0.4 is 0 Å². The van der Waals surface area contributed by atoms with Gasteiger partial charge in [-0.25, -0.2) is 4.98 Å². The first-order valence-corrected chi connectivity index (χ1v) is 8.41. The summed E-state index contributed by atoms with van der Waals surface area (Å²) < 4.78 is 0. The van der Waals surface area contributed by atoms with Crippen molar-refractivity contribution in [2.75, 3.05) is 0 Å². The molecule has 0 N–H and O–H groups in total. The third-order valence-electron chi connectivity index (χ3n) is 3.43. The molecule has 0 saturated heterocycles. The maximum atomic E-state index is 11.1. The highest BCUT2D eigenvalue weighted by atomic mass is 35.5. The summed E-state index contributed by atoms with van der Waals surface area (Å²) >= 11 is 7.19. The molecule has 0 amide bonds. The third kappa shape index (κ3) is 3.74. The highest BCUT2D eigenvalue weighted by molar-refractivity contribution is 7.11. The van der Waals surface area contributed by atoms with Crippen LogP contribution in [-0.4, -0.2) is 9.91 Å². The molecule has 122 valence electrons. The number of thiazole rings is 1. The Labute approximate surface area is 152 Å². The van der Waals surface area contributed by atoms with Gasteiger partial charge in [0, 0.05) is 22.0 Å². The predicted molar refractivity (Wildman–Crippen MR) is 99.1 cm³/mol. The Bertz CT molecular complexity index is 1000. The van der Waals surface area contributed by atoms with Crippen LogP contribution in [0.1, 0.15) is 10.6 Å². The van der Waals surface area contributed by atoms with Crippen LogP contribution in [0.2, 0.25) is 5.02 Å². The van der Waals surface area contributed by atoms with Crippen LogP contribution in [0.25, 0.3) is 22.9 Å². The second-order valence-corrected chi connectivity index (χ2v) is 6.33. The third-order valence-corrected chi connectivity index (χ3v) is 4.56. The summed E-state index contributed by atoms with van der Waals surface area (Å²) in [6, 6.07) is 15.6. The number of hydrogen-bond donors (Lipinski definition) is 0. The quantitative estimate of drug-likeness (QED) is 0.349. The van der Waals surface area contributed by atoms with Crippen molar-refractivity contribution >= 4 is 40.3 Å². The summed E-state index contributed by atoms with van der Waals surface area (Å²) in [4.78, 5) is 15.1. The standard InChI is InChI=1S/C18H10ClN3O2S/c19-15-7-5-12(6-8-15)16-11-25-18(21-16)14(10-20)9-13-3-1-2-4-17(13)22(23)24/h1-9,11H. The Kier molecular flexibility index (Phi) is 4.89. The average Bonchev–Trinajstić information content (AvgIpc) is 3.10. The molecule has 0 bridgehead atoms. The fourth-order valence-corrected chi connectivity index (χ4v) is 3.14. The minimum Gasteiger partial charge on any atom is -0.258 e. The van der Waals surface area contributed by atoms with Gasteiger partial charge in [0.15, 0.2) is 0 Å². The molecule has 5 nitrogen and oxygen atoms in total. The van der Waals surface area contributed by atoms with Crippen molar-refractivity contribution < 1.29 is 4.92 Å². The monoisotopic (exact) mass is 367 g/mol. The van der Waals surface area contributed by atoms with Crippen molar-refractivity contribution in [2.45, 2.75) is 0 Å². The topological polar surface area (TPSA) is 79.8 Å². The van der Waals surface area contributed by atoms with Gasteiger partial charge in [0.05, 0.1) is 21.8 Å². The van der Waals surface area contributed by atoms with Gasteiger partial charge in [0.2, 0.25) is 0 Å². The van der Waals surface area contributed by atoms with Crippen LogP contribution in [0.5, 0.6) is 0 Å². The van der Waals surface area contributed by atoms with Crippen LogP contribution in [0.15, 0.2) is 53.9 Å². The average molecular weight is 368 g/mol. The van der Waals surface area contributed by atoms with Crippen molar-refractivity contribution in [3.8, 4) is 17.3 Å². The molecule has 0 radical (unpaired) electrons. The summed E-state index contributed by atoms with van der Waals surface area (Å²) in [6.07, 6.45) is 1.49. The smallest absolute Gasteiger partial charge is 0.258 e. The number of para-hydroxylation sites is 1. The Balaban J connectivity index is 1.99. The van der Waals surface area contributed by atoms with E-state index in [1.165, 1.54) is 23.5 Å². The Morgan fingerprint density at radius 3 is 2.64 bits per heavy atom. The molecule has 0 aliphatic carbocycles. The molecule has 0 fully saturated rings. The van der Waals surface area contributed by atoms with Gasteiger partial charge in [-0.2, -0.15) is 5.26 Å². The number of allylic oxidation sites excluding steroid dienone is 1. The van der Waals surface area contributed by atoms with E-state index in [0.717, 1.165) is 11.3 Å². The molecular formula is C18H10ClN3O2S. The molecule has 1 heterocycles. The molecule has 0 unspecified atom stereocenters. The second kappa shape index (κ2) is 7.26. The van der Waals surface area contributed by atoms with E-state index in [2.05, 4.69) is 11.1 Å². The molecule has 0 aliphatic rings. The van der Waals surface area contributed by atoms with Crippen molar-refractivity contribution in [1.29, 1.82) is 5.26 Å². The Morgan fingerprint density at radius 2 is 1.96 bits per heavy atom. The number of nitro benzene ring substituents is 1. The van der Waals surface area contributed by atoms with Crippen LogP contribution in [0, 0.1) is 21.4 Å². The highest BCUT2D eigenvalue weighted by Crippen LogP contribution is 2.29. The number of hydrogen-bond acceptors (Lipinski definition) is 5. The zero-order chi connectivity index (χ0) is 17.8. The SMILES string of the molecule is N#CC(=Cc1ccccc1[N+](=O)[O-])c1nc(-c2ccc(Cl)cc2)cs1. The lowest BCUT2D eigenvalue weighted by Crippen LogP contribution is -1.91. The molecule has 1 aromatic heterocycles. The van der Waals surface area contributed by atoms with Gasteiger partial charge in [0.25, 0.3) is 5.69 Å². The molecule has 7 heteroatoms. The van der Waals surface area contributed by atoms with E-state index in [1.54, 1.807) is 30.3 Å². The van der Waals surface area contributed by atoms with Gasteiger partial charge >= 0.3 is 0 Å². The maximum Gasteiger partial charge on any atom is 0.276 e. The molecular weight excluding hydrogens is 358 g/mol. The van der Waals surface area contributed by atoms with E-state index >= 15 is 0 Å². The minimum absolute atomic E-state index is 0.0512. The zero-order valence-corrected chi connectivity index (χ0v) is 14.3. The van der Waals surface area contributed by atoms with Gasteiger partial charge < -0.3 is 0 Å². The fraction of sp³-hybridized carbons (Fsp3) is 0. The van der Waals surface area contributed by atoms with Gasteiger partial charge in [-0.05, 0) is 24.3 Å². The molecule has 3 aromatic rings. The van der Waals surface area contributed by atoms with Crippen molar-refractivity contribution in [2.24, 2.45) is 0 Å². The number of halogens is 1. The summed E-state index contributed by atoms with van der Waals surface area (Å²) in [7, 11) is 0. The normalized spacial score (nSPS) is 11.1. The number of aromatic nitrogens is 1. The maximum absolute atomic E-state index is 11.1. The van der Waals surface area contributed by atoms with Crippen LogP contribution in [0.4, 0.5) is 5.69 Å². The molecule has 2 aromatic carbocycles. The Morgan fingerprint density at radius 1 is 1.24 bits per heavy atom. The summed E-state index contributed by atoms with van der Waals surface area (Å²) in [5.74, 6) is 0. The number of nitriles is 1. The van der Waals surface area contributed by atoms with Crippen LogP contribution in [-0.2, 0) is 0 Å². The molecule has 0 atom stereocenters. The highest BCUT2D eigenvalue weighted by Gasteiger charge is 2.14. The molecule has 0 spiro atoms. The number of rotatable bonds is 4. The van der Waals surface area contributed by atoms with E-state index < -0.39 is 4.92 Å². The van der Waals surface area contributed by atoms with Crippen molar-refractivity contribution in [1.82, 2.24) is 4.98 Å². The lowest BCUT2D eigenvalue weighted by Gasteiger charge is -1.98. The lowest BCUT2D eigenvalue weighted by molar-refractivity contribution is -0.385. The first kappa shape index (κ1) is 16.8. The van der Waals surface area contributed by atoms with E-state index in [1.807, 2.05) is 17.5 Å². The number of nitro groups is 1. The first-order valence-electron chi connectivity index (χ1n) is 7.15. The number of benzene rings is 2. The predicted octanol–water partition coefficient (Wildman–Crippen LogP) is 5.44. The van der Waals surface area contributed by atoms with Gasteiger partial charge in [-0.15, -0.1) is 11.3 Å². The van der Waals surface area contributed by atoms with E-state index in [0.29, 0.717) is 15.6 Å². The van der Waals surface area contributed by atoms with Gasteiger partial charge in [-0.3, -0.25) is 10.1 Å². The first-order chi connectivity index (χ1) is 12.1. The zero-order valence-electron chi connectivity index (χ0n) is 12.7. The lowest BCUT2D eigenvalue weighted by atomic mass is 10.1. The Hall–Kier alpha value is -3.01. The minimum atomic E-state index is -0.470. The van der Waals surface area contributed by atoms with Gasteiger partial charge in [0.1, 0.15) is 11.1 Å². The summed E-state index contributed by atoms with van der Waals surface area (Å²) in [6.45, 7) is 0. The molecule has 0 saturated carbocycles. The van der Waals surface area contributed by atoms with Gasteiger partial charge in [-0.1, -0.05) is 35.9 Å². The molecule has 3 rings (SSSR count). The van der Waals surface area contributed by atoms with Crippen molar-refractivity contribution in [3.05, 3.63) is 79.6 Å². The second-order valence-electron chi connectivity index (χ2n) is 5.03. The van der Waals surface area contributed by atoms with E-state index in [9.17, 15) is 15.4 Å². The summed E-state index contributed by atoms with van der Waals surface area (Å²) in [5.41, 5.74) is 2.20. The van der Waals surface area contributed by atoms with Crippen LogP contribution in [0.3, 0.4) is 0 Å². The van der Waals surface area contributed by atoms with E-state index in [4.69, 9.17) is 11.6 Å². The molecule has 0 aliphatic heterocycles. The summed E-state index contributed by atoms with van der Waals surface area (Å²) in [5, 5.41) is 23.5. The fourth-order valence-electron chi connectivity index (χ4n) is 2.22. The largest absolute Gasteiger partial charge is 0.276 e. The van der Waals surface area contributed by atoms with Crippen molar-refractivity contribution in [3.63, 3.8) is 0 Å².